The summed E-state index contributed by atoms with van der Waals surface area (Å²) in [4.78, 5) is 35.0. The number of carbonyl (C=O) groups excluding carboxylic acids is 2. The van der Waals surface area contributed by atoms with Gasteiger partial charge < -0.3 is 10.1 Å². The van der Waals surface area contributed by atoms with Crippen LogP contribution in [0.3, 0.4) is 0 Å². The fourth-order valence-corrected chi connectivity index (χ4v) is 3.70. The average molecular weight is 332 g/mol. The van der Waals surface area contributed by atoms with Crippen molar-refractivity contribution in [3.8, 4) is 0 Å². The van der Waals surface area contributed by atoms with Gasteiger partial charge in [-0.25, -0.2) is 0 Å². The van der Waals surface area contributed by atoms with Gasteiger partial charge in [-0.1, -0.05) is 12.5 Å². The molecular formula is C17H20N2O5. The van der Waals surface area contributed by atoms with E-state index in [0.29, 0.717) is 18.5 Å². The quantitative estimate of drug-likeness (QED) is 0.521. The van der Waals surface area contributed by atoms with Crippen molar-refractivity contribution in [2.45, 2.75) is 51.0 Å². The van der Waals surface area contributed by atoms with Crippen molar-refractivity contribution in [1.29, 1.82) is 0 Å². The zero-order chi connectivity index (χ0) is 17.3. The SMILES string of the molecule is Cc1ccc([N+](=O)[O-])cc1NC(=O)[C@H]1CC(=O)OC12CCCCC2. The van der Waals surface area contributed by atoms with Gasteiger partial charge in [0.2, 0.25) is 5.91 Å². The highest BCUT2D eigenvalue weighted by molar-refractivity contribution is 5.97. The van der Waals surface area contributed by atoms with Crippen molar-refractivity contribution in [3.63, 3.8) is 0 Å². The Morgan fingerprint density at radius 2 is 2.04 bits per heavy atom. The van der Waals surface area contributed by atoms with Gasteiger partial charge >= 0.3 is 5.97 Å². The predicted octanol–water partition coefficient (Wildman–Crippen LogP) is 3.11. The number of esters is 1. The molecule has 0 aromatic heterocycles. The van der Waals surface area contributed by atoms with Crippen molar-refractivity contribution in [2.24, 2.45) is 5.92 Å². The molecule has 1 aromatic rings. The summed E-state index contributed by atoms with van der Waals surface area (Å²) in [7, 11) is 0. The molecule has 7 heteroatoms. The van der Waals surface area contributed by atoms with Gasteiger partial charge in [0.25, 0.3) is 5.69 Å². The third-order valence-electron chi connectivity index (χ3n) is 5.03. The number of aryl methyl sites for hydroxylation is 1. The highest BCUT2D eigenvalue weighted by atomic mass is 16.6. The minimum atomic E-state index is -0.700. The molecule has 7 nitrogen and oxygen atoms in total. The molecule has 2 aliphatic rings. The summed E-state index contributed by atoms with van der Waals surface area (Å²) in [5.74, 6) is -1.18. The van der Waals surface area contributed by atoms with E-state index in [1.54, 1.807) is 13.0 Å². The number of non-ortho nitro benzene ring substituents is 1. The Kier molecular flexibility index (Phi) is 4.26. The van der Waals surface area contributed by atoms with Crippen LogP contribution in [-0.2, 0) is 14.3 Å². The lowest BCUT2D eigenvalue weighted by Crippen LogP contribution is -2.43. The first-order valence-electron chi connectivity index (χ1n) is 8.19. The van der Waals surface area contributed by atoms with E-state index in [0.717, 1.165) is 24.8 Å². The molecule has 3 rings (SSSR count). The molecule has 1 heterocycles. The number of nitro groups is 1. The molecule has 24 heavy (non-hydrogen) atoms. The first-order chi connectivity index (χ1) is 11.4. The van der Waals surface area contributed by atoms with E-state index in [1.165, 1.54) is 12.1 Å². The minimum absolute atomic E-state index is 0.0693. The maximum absolute atomic E-state index is 12.8. The van der Waals surface area contributed by atoms with E-state index in [4.69, 9.17) is 4.74 Å². The number of hydrogen-bond donors (Lipinski definition) is 1. The Hall–Kier alpha value is -2.44. The van der Waals surface area contributed by atoms with Crippen molar-refractivity contribution in [1.82, 2.24) is 0 Å². The molecule has 0 bridgehead atoms. The normalized spacial score (nSPS) is 22.2. The second kappa shape index (κ2) is 6.22. The summed E-state index contributed by atoms with van der Waals surface area (Å²) in [5, 5.41) is 13.7. The molecule has 1 saturated heterocycles. The van der Waals surface area contributed by atoms with E-state index in [9.17, 15) is 19.7 Å². The maximum Gasteiger partial charge on any atom is 0.307 e. The molecule has 128 valence electrons. The van der Waals surface area contributed by atoms with Gasteiger partial charge in [-0.3, -0.25) is 19.7 Å². The number of ether oxygens (including phenoxy) is 1. The lowest BCUT2D eigenvalue weighted by Gasteiger charge is -2.36. The van der Waals surface area contributed by atoms with Gasteiger partial charge in [-0.15, -0.1) is 0 Å². The number of nitrogens with zero attached hydrogens (tertiary/aromatic N) is 1. The number of amides is 1. The monoisotopic (exact) mass is 332 g/mol. The van der Waals surface area contributed by atoms with Gasteiger partial charge in [0.05, 0.1) is 22.9 Å². The summed E-state index contributed by atoms with van der Waals surface area (Å²) >= 11 is 0. The highest BCUT2D eigenvalue weighted by Crippen LogP contribution is 2.44. The molecule has 1 amide bonds. The van der Waals surface area contributed by atoms with E-state index >= 15 is 0 Å². The molecule has 1 saturated carbocycles. The molecule has 2 fully saturated rings. The number of rotatable bonds is 3. The van der Waals surface area contributed by atoms with Crippen LogP contribution in [0.4, 0.5) is 11.4 Å². The summed E-state index contributed by atoms with van der Waals surface area (Å²) in [6.07, 6.45) is 4.42. The van der Waals surface area contributed by atoms with Crippen LogP contribution in [-0.4, -0.2) is 22.4 Å². The summed E-state index contributed by atoms with van der Waals surface area (Å²) < 4.78 is 5.55. The van der Waals surface area contributed by atoms with Crippen LogP contribution < -0.4 is 5.32 Å². The number of nitrogens with one attached hydrogen (secondary N) is 1. The van der Waals surface area contributed by atoms with E-state index < -0.39 is 16.4 Å². The van der Waals surface area contributed by atoms with Gasteiger partial charge in [0, 0.05) is 12.1 Å². The van der Waals surface area contributed by atoms with Crippen LogP contribution in [0.25, 0.3) is 0 Å². The van der Waals surface area contributed by atoms with Gasteiger partial charge in [0.1, 0.15) is 5.60 Å². The number of carbonyl (C=O) groups is 2. The number of nitro benzene ring substituents is 1. The molecule has 1 aromatic carbocycles. The zero-order valence-electron chi connectivity index (χ0n) is 13.5. The van der Waals surface area contributed by atoms with E-state index in [-0.39, 0.29) is 24.0 Å². The summed E-state index contributed by atoms with van der Waals surface area (Å²) in [6, 6.07) is 4.34. The first kappa shape index (κ1) is 16.4. The standard InChI is InChI=1S/C17H20N2O5/c1-11-5-6-12(19(22)23)9-14(11)18-16(21)13-10-15(20)24-17(13)7-3-2-4-8-17/h5-6,9,13H,2-4,7-8,10H2,1H3,(H,18,21)/t13-/m1/s1. The summed E-state index contributed by atoms with van der Waals surface area (Å²) in [6.45, 7) is 1.77. The van der Waals surface area contributed by atoms with Gasteiger partial charge in [-0.2, -0.15) is 0 Å². The smallest absolute Gasteiger partial charge is 0.307 e. The second-order valence-electron chi connectivity index (χ2n) is 6.60. The van der Waals surface area contributed by atoms with E-state index in [2.05, 4.69) is 5.32 Å². The fraction of sp³-hybridized carbons (Fsp3) is 0.529. The largest absolute Gasteiger partial charge is 0.458 e. The van der Waals surface area contributed by atoms with Crippen molar-refractivity contribution < 1.29 is 19.2 Å². The Bertz CT molecular complexity index is 694. The Morgan fingerprint density at radius 3 is 2.71 bits per heavy atom. The minimum Gasteiger partial charge on any atom is -0.458 e. The fourth-order valence-electron chi connectivity index (χ4n) is 3.70. The molecule has 1 aliphatic heterocycles. The van der Waals surface area contributed by atoms with Crippen LogP contribution in [0.15, 0.2) is 18.2 Å². The third kappa shape index (κ3) is 2.98. The summed E-state index contributed by atoms with van der Waals surface area (Å²) in [5.41, 5.74) is 0.354. The number of benzene rings is 1. The Balaban J connectivity index is 1.82. The average Bonchev–Trinajstić information content (AvgIpc) is 2.85. The van der Waals surface area contributed by atoms with Crippen LogP contribution in [0.1, 0.15) is 44.1 Å². The van der Waals surface area contributed by atoms with Crippen LogP contribution in [0.5, 0.6) is 0 Å². The van der Waals surface area contributed by atoms with Gasteiger partial charge in [0.15, 0.2) is 0 Å². The number of hydrogen-bond acceptors (Lipinski definition) is 5. The third-order valence-corrected chi connectivity index (χ3v) is 5.03. The van der Waals surface area contributed by atoms with Crippen LogP contribution in [0, 0.1) is 23.0 Å². The van der Waals surface area contributed by atoms with Crippen molar-refractivity contribution in [2.75, 3.05) is 5.32 Å². The molecule has 1 aliphatic carbocycles. The Morgan fingerprint density at radius 1 is 1.33 bits per heavy atom. The topological polar surface area (TPSA) is 98.5 Å². The molecular weight excluding hydrogens is 312 g/mol. The molecule has 0 radical (unpaired) electrons. The molecule has 1 N–H and O–H groups in total. The highest BCUT2D eigenvalue weighted by Gasteiger charge is 2.52. The first-order valence-corrected chi connectivity index (χ1v) is 8.19. The molecule has 1 atom stereocenters. The Labute approximate surface area is 139 Å². The van der Waals surface area contributed by atoms with Crippen molar-refractivity contribution in [3.05, 3.63) is 33.9 Å². The molecule has 1 spiro atoms. The molecule has 0 unspecified atom stereocenters. The van der Waals surface area contributed by atoms with Crippen LogP contribution in [0.2, 0.25) is 0 Å². The maximum atomic E-state index is 12.8. The predicted molar refractivity (Wildman–Crippen MR) is 86.5 cm³/mol. The zero-order valence-corrected chi connectivity index (χ0v) is 13.5. The lowest BCUT2D eigenvalue weighted by molar-refractivity contribution is -0.384. The number of anilines is 1. The van der Waals surface area contributed by atoms with Gasteiger partial charge in [-0.05, 0) is 38.2 Å². The van der Waals surface area contributed by atoms with E-state index in [1.807, 2.05) is 0 Å². The van der Waals surface area contributed by atoms with Crippen molar-refractivity contribution >= 4 is 23.3 Å². The van der Waals surface area contributed by atoms with Crippen LogP contribution >= 0.6 is 0 Å². The second-order valence-corrected chi connectivity index (χ2v) is 6.60. The lowest BCUT2D eigenvalue weighted by atomic mass is 9.75.